The highest BCUT2D eigenvalue weighted by Gasteiger charge is 2.35. The van der Waals surface area contributed by atoms with Crippen LogP contribution in [0.3, 0.4) is 0 Å². The second-order valence-electron chi connectivity index (χ2n) is 5.97. The zero-order valence-electron chi connectivity index (χ0n) is 12.1. The molecular formula is C15H17ClFNO3. The van der Waals surface area contributed by atoms with Crippen molar-refractivity contribution in [3.63, 3.8) is 0 Å². The fourth-order valence-electron chi connectivity index (χ4n) is 1.67. The third kappa shape index (κ3) is 4.19. The van der Waals surface area contributed by atoms with Crippen LogP contribution in [0.4, 0.5) is 10.1 Å². The Bertz CT molecular complexity index is 563. The van der Waals surface area contributed by atoms with E-state index in [0.717, 1.165) is 0 Å². The summed E-state index contributed by atoms with van der Waals surface area (Å²) in [5.74, 6) is -0.986. The smallest absolute Gasteiger partial charge is 0.354 e. The van der Waals surface area contributed by atoms with Gasteiger partial charge in [0.2, 0.25) is 6.29 Å². The fourth-order valence-corrected chi connectivity index (χ4v) is 1.85. The van der Waals surface area contributed by atoms with E-state index in [2.05, 4.69) is 5.32 Å². The van der Waals surface area contributed by atoms with Crippen LogP contribution in [0.1, 0.15) is 20.8 Å². The lowest BCUT2D eigenvalue weighted by molar-refractivity contribution is -0.163. The summed E-state index contributed by atoms with van der Waals surface area (Å²) in [6.45, 7) is 6.40. The monoisotopic (exact) mass is 313 g/mol. The van der Waals surface area contributed by atoms with Gasteiger partial charge in [-0.05, 0) is 29.7 Å². The van der Waals surface area contributed by atoms with Crippen LogP contribution in [-0.2, 0) is 14.3 Å². The van der Waals surface area contributed by atoms with Crippen LogP contribution in [-0.4, -0.2) is 18.9 Å². The molecule has 1 aromatic rings. The van der Waals surface area contributed by atoms with Gasteiger partial charge in [0, 0.05) is 5.69 Å². The summed E-state index contributed by atoms with van der Waals surface area (Å²) in [4.78, 5) is 11.6. The van der Waals surface area contributed by atoms with Crippen molar-refractivity contribution in [1.82, 2.24) is 0 Å². The molecule has 21 heavy (non-hydrogen) atoms. The van der Waals surface area contributed by atoms with E-state index in [1.54, 1.807) is 0 Å². The average molecular weight is 314 g/mol. The van der Waals surface area contributed by atoms with Crippen LogP contribution >= 0.6 is 11.6 Å². The Morgan fingerprint density at radius 1 is 1.33 bits per heavy atom. The Labute approximate surface area is 127 Å². The molecule has 1 N–H and O–H groups in total. The Balaban J connectivity index is 2.12. The van der Waals surface area contributed by atoms with Crippen LogP contribution in [0, 0.1) is 11.2 Å². The minimum absolute atomic E-state index is 0.0572. The zero-order valence-corrected chi connectivity index (χ0v) is 12.8. The van der Waals surface area contributed by atoms with E-state index in [1.165, 1.54) is 24.3 Å². The third-order valence-electron chi connectivity index (χ3n) is 2.66. The van der Waals surface area contributed by atoms with Crippen LogP contribution in [0.2, 0.25) is 0 Å². The number of carbonyl (C=O) groups is 1. The Morgan fingerprint density at radius 3 is 2.52 bits per heavy atom. The molecular weight excluding hydrogens is 297 g/mol. The maximum Gasteiger partial charge on any atom is 0.354 e. The molecule has 1 heterocycles. The summed E-state index contributed by atoms with van der Waals surface area (Å²) in [5, 5.41) is 2.89. The van der Waals surface area contributed by atoms with Crippen molar-refractivity contribution in [3.05, 3.63) is 40.8 Å². The van der Waals surface area contributed by atoms with Gasteiger partial charge < -0.3 is 14.8 Å². The highest BCUT2D eigenvalue weighted by Crippen LogP contribution is 2.29. The molecule has 1 atom stereocenters. The second kappa shape index (κ2) is 6.03. The van der Waals surface area contributed by atoms with Crippen molar-refractivity contribution in [2.75, 3.05) is 11.9 Å². The highest BCUT2D eigenvalue weighted by atomic mass is 35.5. The van der Waals surface area contributed by atoms with Crippen molar-refractivity contribution >= 4 is 23.3 Å². The topological polar surface area (TPSA) is 47.6 Å². The number of esters is 1. The van der Waals surface area contributed by atoms with Gasteiger partial charge in [-0.25, -0.2) is 9.18 Å². The lowest BCUT2D eigenvalue weighted by Crippen LogP contribution is -2.25. The number of nitrogens with one attached hydrogen (secondary N) is 1. The van der Waals surface area contributed by atoms with Gasteiger partial charge in [-0.1, -0.05) is 32.4 Å². The average Bonchev–Trinajstić information content (AvgIpc) is 2.66. The van der Waals surface area contributed by atoms with Gasteiger partial charge >= 0.3 is 5.97 Å². The first-order valence-corrected chi connectivity index (χ1v) is 6.89. The molecule has 1 unspecified atom stereocenters. The lowest BCUT2D eigenvalue weighted by atomic mass is 9.99. The van der Waals surface area contributed by atoms with Crippen molar-refractivity contribution in [2.24, 2.45) is 5.41 Å². The molecule has 0 amide bonds. The van der Waals surface area contributed by atoms with Crippen LogP contribution in [0.15, 0.2) is 35.0 Å². The summed E-state index contributed by atoms with van der Waals surface area (Å²) < 4.78 is 23.6. The number of ether oxygens (including phenoxy) is 2. The van der Waals surface area contributed by atoms with Gasteiger partial charge in [-0.15, -0.1) is 0 Å². The second-order valence-corrected chi connectivity index (χ2v) is 6.35. The van der Waals surface area contributed by atoms with Crippen LogP contribution in [0.5, 0.6) is 0 Å². The largest absolute Gasteiger partial charge is 0.425 e. The molecule has 0 spiro atoms. The van der Waals surface area contributed by atoms with Crippen molar-refractivity contribution in [3.8, 4) is 0 Å². The predicted molar refractivity (Wildman–Crippen MR) is 78.2 cm³/mol. The number of hydrogen-bond acceptors (Lipinski definition) is 4. The minimum atomic E-state index is -0.880. The quantitative estimate of drug-likeness (QED) is 0.862. The van der Waals surface area contributed by atoms with Crippen LogP contribution in [0.25, 0.3) is 0 Å². The molecule has 0 bridgehead atoms. The molecule has 1 aliphatic rings. The third-order valence-corrected chi connectivity index (χ3v) is 3.01. The van der Waals surface area contributed by atoms with Gasteiger partial charge in [0.25, 0.3) is 0 Å². The summed E-state index contributed by atoms with van der Waals surface area (Å²) in [7, 11) is 0. The Hall–Kier alpha value is -1.59. The SMILES string of the molecule is CC(C)(C)COC1OC(=O)C(Cl)=C1Nc1ccc(F)cc1. The van der Waals surface area contributed by atoms with E-state index in [9.17, 15) is 9.18 Å². The maximum atomic E-state index is 12.9. The summed E-state index contributed by atoms with van der Waals surface area (Å²) in [5.41, 5.74) is 0.840. The van der Waals surface area contributed by atoms with E-state index in [1.807, 2.05) is 20.8 Å². The summed E-state index contributed by atoms with van der Waals surface area (Å²) >= 11 is 5.94. The molecule has 6 heteroatoms. The van der Waals surface area contributed by atoms with E-state index in [-0.39, 0.29) is 16.3 Å². The van der Waals surface area contributed by atoms with Gasteiger partial charge in [-0.3, -0.25) is 0 Å². The van der Waals surface area contributed by atoms with E-state index < -0.39 is 12.3 Å². The molecule has 0 saturated carbocycles. The van der Waals surface area contributed by atoms with Crippen molar-refractivity contribution in [1.29, 1.82) is 0 Å². The number of cyclic esters (lactones) is 1. The predicted octanol–water partition coefficient (Wildman–Crippen LogP) is 3.63. The standard InChI is InChI=1S/C15H17ClFNO3/c1-15(2,3)8-20-14-12(11(16)13(19)21-14)18-10-6-4-9(17)5-7-10/h4-7,14,18H,8H2,1-3H3. The number of benzene rings is 1. The number of hydrogen-bond donors (Lipinski definition) is 1. The van der Waals surface area contributed by atoms with Crippen molar-refractivity contribution in [2.45, 2.75) is 27.1 Å². The van der Waals surface area contributed by atoms with Gasteiger partial charge in [-0.2, -0.15) is 0 Å². The lowest BCUT2D eigenvalue weighted by Gasteiger charge is -2.22. The van der Waals surface area contributed by atoms with Gasteiger partial charge in [0.05, 0.1) is 6.61 Å². The van der Waals surface area contributed by atoms with E-state index >= 15 is 0 Å². The first-order valence-electron chi connectivity index (χ1n) is 6.51. The van der Waals surface area contributed by atoms with E-state index in [4.69, 9.17) is 21.1 Å². The molecule has 1 aliphatic heterocycles. The number of rotatable bonds is 4. The van der Waals surface area contributed by atoms with Crippen molar-refractivity contribution < 1.29 is 18.7 Å². The molecule has 0 radical (unpaired) electrons. The Kier molecular flexibility index (Phi) is 4.54. The fraction of sp³-hybridized carbons (Fsp3) is 0.400. The number of anilines is 1. The molecule has 0 saturated heterocycles. The van der Waals surface area contributed by atoms with Crippen LogP contribution < -0.4 is 5.32 Å². The molecule has 0 aromatic heterocycles. The number of halogens is 2. The van der Waals surface area contributed by atoms with E-state index in [0.29, 0.717) is 18.0 Å². The maximum absolute atomic E-state index is 12.9. The number of carbonyl (C=O) groups excluding carboxylic acids is 1. The molecule has 114 valence electrons. The first-order chi connectivity index (χ1) is 9.76. The molecule has 2 rings (SSSR count). The minimum Gasteiger partial charge on any atom is -0.425 e. The molecule has 0 aliphatic carbocycles. The zero-order chi connectivity index (χ0) is 15.6. The molecule has 4 nitrogen and oxygen atoms in total. The van der Waals surface area contributed by atoms with Gasteiger partial charge in [0.15, 0.2) is 5.03 Å². The molecule has 0 fully saturated rings. The summed E-state index contributed by atoms with van der Waals surface area (Å²) in [6.07, 6.45) is -0.880. The van der Waals surface area contributed by atoms with Gasteiger partial charge in [0.1, 0.15) is 11.5 Å². The summed E-state index contributed by atoms with van der Waals surface area (Å²) in [6, 6.07) is 5.69. The normalized spacial score (nSPS) is 18.9. The molecule has 1 aromatic carbocycles. The first kappa shape index (κ1) is 15.8. The Morgan fingerprint density at radius 2 is 1.95 bits per heavy atom. The highest BCUT2D eigenvalue weighted by molar-refractivity contribution is 6.42.